The fourth-order valence-corrected chi connectivity index (χ4v) is 2.59. The van der Waals surface area contributed by atoms with Gasteiger partial charge in [0.25, 0.3) is 0 Å². The minimum Gasteiger partial charge on any atom is -0.338 e. The lowest BCUT2D eigenvalue weighted by Crippen LogP contribution is -2.40. The van der Waals surface area contributed by atoms with E-state index in [1.807, 2.05) is 42.9 Å². The van der Waals surface area contributed by atoms with Gasteiger partial charge in [0.15, 0.2) is 0 Å². The van der Waals surface area contributed by atoms with Crippen molar-refractivity contribution >= 4 is 33.6 Å². The van der Waals surface area contributed by atoms with E-state index < -0.39 is 0 Å². The van der Waals surface area contributed by atoms with E-state index in [2.05, 4.69) is 36.9 Å². The number of benzene rings is 1. The van der Waals surface area contributed by atoms with Crippen molar-refractivity contribution in [3.05, 3.63) is 46.5 Å². The van der Waals surface area contributed by atoms with Gasteiger partial charge in [0, 0.05) is 42.6 Å². The molecule has 0 bridgehead atoms. The molecule has 2 rings (SSSR count). The molecule has 1 aromatic heterocycles. The quantitative estimate of drug-likeness (QED) is 0.700. The number of hydrogen-bond donors (Lipinski definition) is 3. The maximum Gasteiger partial charge on any atom is 0.315 e. The zero-order valence-corrected chi connectivity index (χ0v) is 15.2. The van der Waals surface area contributed by atoms with Crippen molar-refractivity contribution in [2.45, 2.75) is 13.3 Å². The molecule has 8 heteroatoms. The first-order valence-corrected chi connectivity index (χ1v) is 8.29. The molecule has 0 saturated carbocycles. The Morgan fingerprint density at radius 1 is 1.29 bits per heavy atom. The lowest BCUT2D eigenvalue weighted by molar-refractivity contribution is -0.115. The smallest absolute Gasteiger partial charge is 0.315 e. The highest BCUT2D eigenvalue weighted by Crippen LogP contribution is 2.19. The van der Waals surface area contributed by atoms with Crippen molar-refractivity contribution in [3.63, 3.8) is 0 Å². The molecule has 3 amide bonds. The largest absolute Gasteiger partial charge is 0.338 e. The SMILES string of the molecule is Cc1cc(Br)ccc1NC(=O)CNC(=O)NCCc1nccn1C. The first-order valence-electron chi connectivity index (χ1n) is 7.49. The van der Waals surface area contributed by atoms with E-state index in [0.29, 0.717) is 13.0 Å². The van der Waals surface area contributed by atoms with Crippen LogP contribution in [0.25, 0.3) is 0 Å². The second-order valence-electron chi connectivity index (χ2n) is 5.32. The van der Waals surface area contributed by atoms with Gasteiger partial charge < -0.3 is 20.5 Å². The fourth-order valence-electron chi connectivity index (χ4n) is 2.11. The summed E-state index contributed by atoms with van der Waals surface area (Å²) in [4.78, 5) is 27.7. The van der Waals surface area contributed by atoms with E-state index in [1.54, 1.807) is 6.20 Å². The molecule has 7 nitrogen and oxygen atoms in total. The molecule has 0 radical (unpaired) electrons. The van der Waals surface area contributed by atoms with Gasteiger partial charge in [-0.05, 0) is 30.7 Å². The molecular weight excluding hydrogens is 374 g/mol. The number of nitrogens with zero attached hydrogens (tertiary/aromatic N) is 2. The average Bonchev–Trinajstić information content (AvgIpc) is 2.93. The number of nitrogens with one attached hydrogen (secondary N) is 3. The minimum atomic E-state index is -0.383. The number of carbonyl (C=O) groups is 2. The van der Waals surface area contributed by atoms with Crippen LogP contribution < -0.4 is 16.0 Å². The van der Waals surface area contributed by atoms with Gasteiger partial charge in [-0.1, -0.05) is 15.9 Å². The average molecular weight is 394 g/mol. The monoisotopic (exact) mass is 393 g/mol. The molecule has 3 N–H and O–H groups in total. The number of anilines is 1. The molecule has 0 spiro atoms. The van der Waals surface area contributed by atoms with E-state index in [1.165, 1.54) is 0 Å². The fraction of sp³-hybridized carbons (Fsp3) is 0.312. The summed E-state index contributed by atoms with van der Waals surface area (Å²) in [5, 5.41) is 7.99. The summed E-state index contributed by atoms with van der Waals surface area (Å²) in [6.45, 7) is 2.26. The standard InChI is InChI=1S/C16H20BrN5O2/c1-11-9-12(17)3-4-13(11)21-15(23)10-20-16(24)19-6-5-14-18-7-8-22(14)2/h3-4,7-9H,5-6,10H2,1-2H3,(H,21,23)(H2,19,20,24). The Hall–Kier alpha value is -2.35. The molecule has 0 aliphatic heterocycles. The molecular formula is C16H20BrN5O2. The topological polar surface area (TPSA) is 88.1 Å². The number of aromatic nitrogens is 2. The van der Waals surface area contributed by atoms with Gasteiger partial charge in [0.1, 0.15) is 5.82 Å². The van der Waals surface area contributed by atoms with Crippen LogP contribution in [0, 0.1) is 6.92 Å². The van der Waals surface area contributed by atoms with Gasteiger partial charge in [0.2, 0.25) is 5.91 Å². The summed E-state index contributed by atoms with van der Waals surface area (Å²) < 4.78 is 2.84. The van der Waals surface area contributed by atoms with Crippen LogP contribution in [-0.4, -0.2) is 34.6 Å². The number of urea groups is 1. The van der Waals surface area contributed by atoms with E-state index in [0.717, 1.165) is 21.5 Å². The zero-order chi connectivity index (χ0) is 17.5. The van der Waals surface area contributed by atoms with Crippen LogP contribution >= 0.6 is 15.9 Å². The molecule has 0 aliphatic carbocycles. The summed E-state index contributed by atoms with van der Waals surface area (Å²) in [5.41, 5.74) is 1.66. The summed E-state index contributed by atoms with van der Waals surface area (Å²) in [6, 6.07) is 5.18. The molecule has 0 fully saturated rings. The maximum atomic E-state index is 11.9. The van der Waals surface area contributed by atoms with Crippen molar-refractivity contribution < 1.29 is 9.59 Å². The molecule has 128 valence electrons. The predicted molar refractivity (Wildman–Crippen MR) is 95.8 cm³/mol. The molecule has 0 aliphatic rings. The van der Waals surface area contributed by atoms with Crippen LogP contribution in [0.3, 0.4) is 0 Å². The van der Waals surface area contributed by atoms with Crippen molar-refractivity contribution in [1.29, 1.82) is 0 Å². The third-order valence-corrected chi connectivity index (χ3v) is 3.92. The zero-order valence-electron chi connectivity index (χ0n) is 13.6. The number of halogens is 1. The highest BCUT2D eigenvalue weighted by Gasteiger charge is 2.07. The van der Waals surface area contributed by atoms with E-state index in [-0.39, 0.29) is 18.5 Å². The van der Waals surface area contributed by atoms with E-state index in [9.17, 15) is 9.59 Å². The summed E-state index contributed by atoms with van der Waals surface area (Å²) in [5.74, 6) is 0.610. The first-order chi connectivity index (χ1) is 11.5. The van der Waals surface area contributed by atoms with Gasteiger partial charge in [-0.15, -0.1) is 0 Å². The normalized spacial score (nSPS) is 10.3. The molecule has 1 heterocycles. The highest BCUT2D eigenvalue weighted by atomic mass is 79.9. The maximum absolute atomic E-state index is 11.9. The van der Waals surface area contributed by atoms with Crippen molar-refractivity contribution in [1.82, 2.24) is 20.2 Å². The number of aryl methyl sites for hydroxylation is 2. The number of imidazole rings is 1. The molecule has 0 atom stereocenters. The Morgan fingerprint density at radius 2 is 2.08 bits per heavy atom. The predicted octanol–water partition coefficient (Wildman–Crippen LogP) is 1.97. The van der Waals surface area contributed by atoms with E-state index >= 15 is 0 Å². The Labute approximate surface area is 149 Å². The van der Waals surface area contributed by atoms with Crippen molar-refractivity contribution in [2.75, 3.05) is 18.4 Å². The Kier molecular flexibility index (Phi) is 6.36. The number of amides is 3. The second-order valence-corrected chi connectivity index (χ2v) is 6.24. The minimum absolute atomic E-state index is 0.0935. The molecule has 24 heavy (non-hydrogen) atoms. The molecule has 0 unspecified atom stereocenters. The first kappa shape index (κ1) is 18.0. The lowest BCUT2D eigenvalue weighted by atomic mass is 10.2. The van der Waals surface area contributed by atoms with Gasteiger partial charge in [-0.3, -0.25) is 4.79 Å². The summed E-state index contributed by atoms with van der Waals surface area (Å²) >= 11 is 3.37. The van der Waals surface area contributed by atoms with Gasteiger partial charge in [-0.2, -0.15) is 0 Å². The van der Waals surface area contributed by atoms with Crippen LogP contribution in [0.15, 0.2) is 35.1 Å². The van der Waals surface area contributed by atoms with Crippen molar-refractivity contribution in [2.24, 2.45) is 7.05 Å². The molecule has 1 aromatic carbocycles. The highest BCUT2D eigenvalue weighted by molar-refractivity contribution is 9.10. The number of carbonyl (C=O) groups excluding carboxylic acids is 2. The Morgan fingerprint density at radius 3 is 2.75 bits per heavy atom. The Bertz CT molecular complexity index is 729. The number of hydrogen-bond acceptors (Lipinski definition) is 3. The van der Waals surface area contributed by atoms with Crippen molar-refractivity contribution in [3.8, 4) is 0 Å². The number of rotatable bonds is 6. The lowest BCUT2D eigenvalue weighted by Gasteiger charge is -2.10. The van der Waals surface area contributed by atoms with Gasteiger partial charge in [0.05, 0.1) is 6.54 Å². The molecule has 2 aromatic rings. The van der Waals surface area contributed by atoms with Gasteiger partial charge >= 0.3 is 6.03 Å². The van der Waals surface area contributed by atoms with Crippen LogP contribution in [0.4, 0.5) is 10.5 Å². The molecule has 0 saturated heterocycles. The van der Waals surface area contributed by atoms with Crippen LogP contribution in [0.5, 0.6) is 0 Å². The summed E-state index contributed by atoms with van der Waals surface area (Å²) in [6.07, 6.45) is 4.19. The summed E-state index contributed by atoms with van der Waals surface area (Å²) in [7, 11) is 1.90. The van der Waals surface area contributed by atoms with E-state index in [4.69, 9.17) is 0 Å². The Balaban J connectivity index is 1.69. The van der Waals surface area contributed by atoms with Crippen LogP contribution in [0.2, 0.25) is 0 Å². The second kappa shape index (κ2) is 8.49. The third kappa shape index (κ3) is 5.38. The van der Waals surface area contributed by atoms with Crippen LogP contribution in [-0.2, 0) is 18.3 Å². The van der Waals surface area contributed by atoms with Gasteiger partial charge in [-0.25, -0.2) is 9.78 Å². The third-order valence-electron chi connectivity index (χ3n) is 3.43. The van der Waals surface area contributed by atoms with Crippen LogP contribution in [0.1, 0.15) is 11.4 Å².